The first kappa shape index (κ1) is 15.0. The minimum absolute atomic E-state index is 0.586. The maximum Gasteiger partial charge on any atom is 0.203 e. The summed E-state index contributed by atoms with van der Waals surface area (Å²) in [4.78, 5) is 4.14. The van der Waals surface area contributed by atoms with E-state index in [1.807, 2.05) is 24.4 Å². The lowest BCUT2D eigenvalue weighted by Gasteiger charge is -2.15. The van der Waals surface area contributed by atoms with Gasteiger partial charge >= 0.3 is 0 Å². The number of anilines is 1. The molecule has 0 aliphatic heterocycles. The zero-order chi connectivity index (χ0) is 15.2. The number of nitrogens with one attached hydrogen (secondary N) is 1. The van der Waals surface area contributed by atoms with Crippen LogP contribution < -0.4 is 19.5 Å². The number of benzene rings is 1. The molecule has 1 aromatic heterocycles. The minimum Gasteiger partial charge on any atom is -0.493 e. The van der Waals surface area contributed by atoms with Crippen molar-refractivity contribution in [2.45, 2.75) is 13.5 Å². The van der Waals surface area contributed by atoms with Gasteiger partial charge in [-0.1, -0.05) is 0 Å². The molecule has 0 radical (unpaired) electrons. The summed E-state index contributed by atoms with van der Waals surface area (Å²) in [7, 11) is 4.80. The fourth-order valence-corrected chi connectivity index (χ4v) is 2.06. The predicted octanol–water partition coefficient (Wildman–Crippen LogP) is 3.03. The number of pyridine rings is 1. The first-order valence-corrected chi connectivity index (χ1v) is 6.63. The van der Waals surface area contributed by atoms with E-state index in [1.165, 1.54) is 5.56 Å². The summed E-state index contributed by atoms with van der Waals surface area (Å²) in [5.74, 6) is 1.84. The van der Waals surface area contributed by atoms with Crippen LogP contribution in [0.15, 0.2) is 30.6 Å². The lowest BCUT2D eigenvalue weighted by atomic mass is 10.1. The Morgan fingerprint density at radius 3 is 2.24 bits per heavy atom. The van der Waals surface area contributed by atoms with Crippen LogP contribution in [0.4, 0.5) is 5.69 Å². The van der Waals surface area contributed by atoms with Crippen LogP contribution in [0.5, 0.6) is 17.2 Å². The third-order valence-electron chi connectivity index (χ3n) is 3.30. The van der Waals surface area contributed by atoms with Crippen molar-refractivity contribution in [2.24, 2.45) is 0 Å². The number of ether oxygens (including phenoxy) is 3. The Labute approximate surface area is 124 Å². The number of aryl methyl sites for hydroxylation is 1. The van der Waals surface area contributed by atoms with Gasteiger partial charge in [0.15, 0.2) is 11.5 Å². The number of hydrogen-bond donors (Lipinski definition) is 1. The molecule has 0 unspecified atom stereocenters. The highest BCUT2D eigenvalue weighted by Crippen LogP contribution is 2.40. The molecule has 1 aromatic carbocycles. The van der Waals surface area contributed by atoms with Gasteiger partial charge < -0.3 is 19.5 Å². The van der Waals surface area contributed by atoms with E-state index >= 15 is 0 Å². The average Bonchev–Trinajstić information content (AvgIpc) is 2.52. The molecule has 2 rings (SSSR count). The molecule has 112 valence electrons. The van der Waals surface area contributed by atoms with Gasteiger partial charge in [0.05, 0.1) is 21.3 Å². The summed E-state index contributed by atoms with van der Waals surface area (Å²) in [6.07, 6.45) is 3.65. The first-order valence-electron chi connectivity index (χ1n) is 6.63. The number of methoxy groups -OCH3 is 3. The molecule has 1 heterocycles. The predicted molar refractivity (Wildman–Crippen MR) is 82.4 cm³/mol. The van der Waals surface area contributed by atoms with Crippen LogP contribution >= 0.6 is 0 Å². The smallest absolute Gasteiger partial charge is 0.203 e. The van der Waals surface area contributed by atoms with Gasteiger partial charge in [-0.15, -0.1) is 0 Å². The Morgan fingerprint density at radius 2 is 1.71 bits per heavy atom. The molecule has 0 fully saturated rings. The van der Waals surface area contributed by atoms with Gasteiger partial charge in [0.1, 0.15) is 0 Å². The molecule has 0 saturated heterocycles. The molecule has 1 N–H and O–H groups in total. The van der Waals surface area contributed by atoms with Crippen molar-refractivity contribution in [3.63, 3.8) is 0 Å². The second-order valence-corrected chi connectivity index (χ2v) is 4.57. The van der Waals surface area contributed by atoms with Gasteiger partial charge in [-0.05, 0) is 24.1 Å². The Balaban J connectivity index is 2.22. The van der Waals surface area contributed by atoms with E-state index in [0.717, 1.165) is 11.3 Å². The van der Waals surface area contributed by atoms with Crippen molar-refractivity contribution in [2.75, 3.05) is 26.6 Å². The Morgan fingerprint density at radius 1 is 1.05 bits per heavy atom. The largest absolute Gasteiger partial charge is 0.493 e. The van der Waals surface area contributed by atoms with Crippen LogP contribution in [-0.2, 0) is 6.54 Å². The van der Waals surface area contributed by atoms with Crippen LogP contribution in [-0.4, -0.2) is 26.3 Å². The molecule has 5 heteroatoms. The van der Waals surface area contributed by atoms with E-state index < -0.39 is 0 Å². The molecule has 0 aliphatic carbocycles. The summed E-state index contributed by atoms with van der Waals surface area (Å²) in [5.41, 5.74) is 3.24. The summed E-state index contributed by atoms with van der Waals surface area (Å²) < 4.78 is 16.0. The SMILES string of the molecule is COc1cc(NCc2cnccc2C)cc(OC)c1OC. The standard InChI is InChI=1S/C16H20N2O3/c1-11-5-6-17-9-12(11)10-18-13-7-14(19-2)16(21-4)15(8-13)20-3/h5-9,18H,10H2,1-4H3. The molecular formula is C16H20N2O3. The number of rotatable bonds is 6. The van der Waals surface area contributed by atoms with Crippen molar-refractivity contribution in [3.05, 3.63) is 41.7 Å². The summed E-state index contributed by atoms with van der Waals surface area (Å²) in [6.45, 7) is 2.74. The monoisotopic (exact) mass is 288 g/mol. The highest BCUT2D eigenvalue weighted by molar-refractivity contribution is 5.62. The number of hydrogen-bond acceptors (Lipinski definition) is 5. The summed E-state index contributed by atoms with van der Waals surface area (Å²) in [5, 5.41) is 3.35. The van der Waals surface area contributed by atoms with Crippen LogP contribution in [0.3, 0.4) is 0 Å². The van der Waals surface area contributed by atoms with Crippen molar-refractivity contribution in [1.29, 1.82) is 0 Å². The van der Waals surface area contributed by atoms with Gasteiger partial charge in [0, 0.05) is 36.8 Å². The number of nitrogens with zero attached hydrogens (tertiary/aromatic N) is 1. The Bertz CT molecular complexity index is 589. The van der Waals surface area contributed by atoms with E-state index in [2.05, 4.69) is 17.2 Å². The second-order valence-electron chi connectivity index (χ2n) is 4.57. The molecule has 0 atom stereocenters. The van der Waals surface area contributed by atoms with Gasteiger partial charge in [-0.25, -0.2) is 0 Å². The van der Waals surface area contributed by atoms with Crippen LogP contribution in [0, 0.1) is 6.92 Å². The lowest BCUT2D eigenvalue weighted by molar-refractivity contribution is 0.324. The first-order chi connectivity index (χ1) is 10.2. The molecule has 21 heavy (non-hydrogen) atoms. The van der Waals surface area contributed by atoms with Crippen molar-refractivity contribution in [3.8, 4) is 17.2 Å². The topological polar surface area (TPSA) is 52.6 Å². The minimum atomic E-state index is 0.586. The van der Waals surface area contributed by atoms with Crippen molar-refractivity contribution >= 4 is 5.69 Å². The molecule has 0 spiro atoms. The molecule has 2 aromatic rings. The zero-order valence-electron chi connectivity index (χ0n) is 12.8. The highest BCUT2D eigenvalue weighted by Gasteiger charge is 2.13. The molecule has 5 nitrogen and oxygen atoms in total. The third kappa shape index (κ3) is 3.37. The Hall–Kier alpha value is -2.43. The van der Waals surface area contributed by atoms with E-state index in [9.17, 15) is 0 Å². The molecule has 0 saturated carbocycles. The van der Waals surface area contributed by atoms with Crippen LogP contribution in [0.1, 0.15) is 11.1 Å². The fourth-order valence-electron chi connectivity index (χ4n) is 2.06. The van der Waals surface area contributed by atoms with Crippen molar-refractivity contribution < 1.29 is 14.2 Å². The number of aromatic nitrogens is 1. The molecule has 0 bridgehead atoms. The Kier molecular flexibility index (Phi) is 4.87. The van der Waals surface area contributed by atoms with Gasteiger partial charge in [-0.3, -0.25) is 4.98 Å². The third-order valence-corrected chi connectivity index (χ3v) is 3.30. The van der Waals surface area contributed by atoms with Gasteiger partial charge in [0.2, 0.25) is 5.75 Å². The molecule has 0 aliphatic rings. The zero-order valence-corrected chi connectivity index (χ0v) is 12.8. The molecule has 0 amide bonds. The van der Waals surface area contributed by atoms with E-state index in [4.69, 9.17) is 14.2 Å². The maximum absolute atomic E-state index is 5.34. The average molecular weight is 288 g/mol. The van der Waals surface area contributed by atoms with E-state index in [-0.39, 0.29) is 0 Å². The summed E-state index contributed by atoms with van der Waals surface area (Å²) in [6, 6.07) is 5.76. The van der Waals surface area contributed by atoms with Gasteiger partial charge in [-0.2, -0.15) is 0 Å². The lowest BCUT2D eigenvalue weighted by Crippen LogP contribution is -2.03. The molecular weight excluding hydrogens is 268 g/mol. The normalized spacial score (nSPS) is 10.1. The quantitative estimate of drug-likeness (QED) is 0.885. The maximum atomic E-state index is 5.34. The van der Waals surface area contributed by atoms with E-state index in [0.29, 0.717) is 23.8 Å². The summed E-state index contributed by atoms with van der Waals surface area (Å²) >= 11 is 0. The van der Waals surface area contributed by atoms with Crippen LogP contribution in [0.25, 0.3) is 0 Å². The second kappa shape index (κ2) is 6.83. The van der Waals surface area contributed by atoms with E-state index in [1.54, 1.807) is 27.5 Å². The highest BCUT2D eigenvalue weighted by atomic mass is 16.5. The fraction of sp³-hybridized carbons (Fsp3) is 0.312. The van der Waals surface area contributed by atoms with Crippen molar-refractivity contribution in [1.82, 2.24) is 4.98 Å². The van der Waals surface area contributed by atoms with Crippen LogP contribution in [0.2, 0.25) is 0 Å². The van der Waals surface area contributed by atoms with Gasteiger partial charge in [0.25, 0.3) is 0 Å².